The second-order valence-electron chi connectivity index (χ2n) is 5.15. The van der Waals surface area contributed by atoms with Crippen molar-refractivity contribution in [2.75, 3.05) is 18.5 Å². The number of aryl methyl sites for hydroxylation is 1. The quantitative estimate of drug-likeness (QED) is 0.906. The molecule has 0 radical (unpaired) electrons. The molecule has 1 atom stereocenters. The van der Waals surface area contributed by atoms with Crippen LogP contribution in [0.15, 0.2) is 48.5 Å². The van der Waals surface area contributed by atoms with Crippen LogP contribution in [0.5, 0.6) is 5.75 Å². The Balaban J connectivity index is 1.57. The summed E-state index contributed by atoms with van der Waals surface area (Å²) in [6.07, 6.45) is 0. The zero-order chi connectivity index (χ0) is 14.7. The van der Waals surface area contributed by atoms with Gasteiger partial charge in [-0.1, -0.05) is 36.4 Å². The summed E-state index contributed by atoms with van der Waals surface area (Å²) in [6, 6.07) is 15.7. The monoisotopic (exact) mass is 282 g/mol. The minimum atomic E-state index is -0.0475. The van der Waals surface area contributed by atoms with Gasteiger partial charge in [-0.3, -0.25) is 10.1 Å². The molecule has 1 heterocycles. The SMILES string of the molecule is Cc1ccccc1NC(=O)CNC1COc2ccccc21. The van der Waals surface area contributed by atoms with Gasteiger partial charge in [0.1, 0.15) is 12.4 Å². The number of hydrogen-bond acceptors (Lipinski definition) is 3. The van der Waals surface area contributed by atoms with Crippen molar-refractivity contribution in [3.8, 4) is 5.75 Å². The van der Waals surface area contributed by atoms with E-state index in [1.165, 1.54) is 0 Å². The van der Waals surface area contributed by atoms with Crippen molar-refractivity contribution in [2.24, 2.45) is 0 Å². The molecule has 0 fully saturated rings. The van der Waals surface area contributed by atoms with Crippen LogP contribution >= 0.6 is 0 Å². The Morgan fingerprint density at radius 3 is 2.81 bits per heavy atom. The van der Waals surface area contributed by atoms with E-state index in [-0.39, 0.29) is 18.5 Å². The molecule has 4 nitrogen and oxygen atoms in total. The average Bonchev–Trinajstić information content (AvgIpc) is 2.91. The zero-order valence-electron chi connectivity index (χ0n) is 11.9. The maximum Gasteiger partial charge on any atom is 0.238 e. The standard InChI is InChI=1S/C17H18N2O2/c1-12-6-2-4-8-14(12)19-17(20)10-18-15-11-21-16-9-5-3-7-13(15)16/h2-9,15,18H,10-11H2,1H3,(H,19,20). The number of fused-ring (bicyclic) bond motifs is 1. The molecule has 0 aromatic heterocycles. The van der Waals surface area contributed by atoms with E-state index in [2.05, 4.69) is 10.6 Å². The first-order valence-electron chi connectivity index (χ1n) is 7.04. The third-order valence-corrected chi connectivity index (χ3v) is 3.63. The molecule has 2 aromatic rings. The summed E-state index contributed by atoms with van der Waals surface area (Å²) in [5, 5.41) is 6.16. The molecule has 0 saturated heterocycles. The number of hydrogen-bond donors (Lipinski definition) is 2. The van der Waals surface area contributed by atoms with Crippen LogP contribution in [0.25, 0.3) is 0 Å². The molecule has 3 rings (SSSR count). The summed E-state index contributed by atoms with van der Waals surface area (Å²) in [5.41, 5.74) is 3.02. The van der Waals surface area contributed by atoms with Gasteiger partial charge in [0.05, 0.1) is 12.6 Å². The number of benzene rings is 2. The Morgan fingerprint density at radius 2 is 1.95 bits per heavy atom. The van der Waals surface area contributed by atoms with Crippen molar-refractivity contribution >= 4 is 11.6 Å². The fraction of sp³-hybridized carbons (Fsp3) is 0.235. The van der Waals surface area contributed by atoms with Crippen LogP contribution in [0.3, 0.4) is 0 Å². The van der Waals surface area contributed by atoms with Crippen LogP contribution in [-0.4, -0.2) is 19.1 Å². The van der Waals surface area contributed by atoms with Gasteiger partial charge in [-0.15, -0.1) is 0 Å². The molecule has 108 valence electrons. The molecule has 1 aliphatic heterocycles. The third-order valence-electron chi connectivity index (χ3n) is 3.63. The second kappa shape index (κ2) is 5.97. The first-order valence-corrected chi connectivity index (χ1v) is 7.04. The van der Waals surface area contributed by atoms with Crippen LogP contribution in [0.4, 0.5) is 5.69 Å². The van der Waals surface area contributed by atoms with Gasteiger partial charge in [0.15, 0.2) is 0 Å². The van der Waals surface area contributed by atoms with E-state index in [4.69, 9.17) is 4.74 Å². The molecule has 21 heavy (non-hydrogen) atoms. The number of rotatable bonds is 4. The molecule has 1 unspecified atom stereocenters. The summed E-state index contributed by atoms with van der Waals surface area (Å²) < 4.78 is 5.59. The number of anilines is 1. The highest BCUT2D eigenvalue weighted by Gasteiger charge is 2.23. The fourth-order valence-electron chi connectivity index (χ4n) is 2.46. The minimum Gasteiger partial charge on any atom is -0.491 e. The molecule has 1 amide bonds. The predicted molar refractivity (Wildman–Crippen MR) is 82.5 cm³/mol. The number of ether oxygens (including phenoxy) is 1. The first-order chi connectivity index (χ1) is 10.2. The lowest BCUT2D eigenvalue weighted by Gasteiger charge is -2.12. The Labute approximate surface area is 124 Å². The van der Waals surface area contributed by atoms with Gasteiger partial charge in [0.2, 0.25) is 5.91 Å². The van der Waals surface area contributed by atoms with Crippen molar-refractivity contribution in [1.82, 2.24) is 5.32 Å². The molecular weight excluding hydrogens is 264 g/mol. The molecular formula is C17H18N2O2. The van der Waals surface area contributed by atoms with Gasteiger partial charge in [-0.05, 0) is 24.6 Å². The van der Waals surface area contributed by atoms with Gasteiger partial charge in [-0.2, -0.15) is 0 Å². The van der Waals surface area contributed by atoms with Crippen LogP contribution in [0, 0.1) is 6.92 Å². The predicted octanol–water partition coefficient (Wildman–Crippen LogP) is 2.66. The van der Waals surface area contributed by atoms with E-state index in [9.17, 15) is 4.79 Å². The van der Waals surface area contributed by atoms with Gasteiger partial charge in [-0.25, -0.2) is 0 Å². The molecule has 1 aliphatic rings. The van der Waals surface area contributed by atoms with Gasteiger partial charge in [0.25, 0.3) is 0 Å². The lowest BCUT2D eigenvalue weighted by molar-refractivity contribution is -0.115. The maximum atomic E-state index is 12.0. The molecule has 0 aliphatic carbocycles. The van der Waals surface area contributed by atoms with E-state index >= 15 is 0 Å². The Hall–Kier alpha value is -2.33. The maximum absolute atomic E-state index is 12.0. The van der Waals surface area contributed by atoms with Crippen molar-refractivity contribution in [3.63, 3.8) is 0 Å². The minimum absolute atomic E-state index is 0.0475. The van der Waals surface area contributed by atoms with Crippen LogP contribution < -0.4 is 15.4 Å². The summed E-state index contributed by atoms with van der Waals surface area (Å²) in [4.78, 5) is 12.0. The number of para-hydroxylation sites is 2. The molecule has 0 bridgehead atoms. The van der Waals surface area contributed by atoms with Crippen LogP contribution in [-0.2, 0) is 4.79 Å². The van der Waals surface area contributed by atoms with E-state index in [0.717, 1.165) is 22.6 Å². The largest absolute Gasteiger partial charge is 0.491 e. The molecule has 0 spiro atoms. The van der Waals surface area contributed by atoms with Crippen LogP contribution in [0.2, 0.25) is 0 Å². The number of carbonyl (C=O) groups excluding carboxylic acids is 1. The van der Waals surface area contributed by atoms with Gasteiger partial charge >= 0.3 is 0 Å². The van der Waals surface area contributed by atoms with Crippen molar-refractivity contribution in [2.45, 2.75) is 13.0 Å². The van der Waals surface area contributed by atoms with E-state index in [1.807, 2.05) is 55.5 Å². The van der Waals surface area contributed by atoms with E-state index < -0.39 is 0 Å². The highest BCUT2D eigenvalue weighted by Crippen LogP contribution is 2.31. The molecule has 0 saturated carbocycles. The average molecular weight is 282 g/mol. The highest BCUT2D eigenvalue weighted by molar-refractivity contribution is 5.92. The normalized spacial score (nSPS) is 16.1. The van der Waals surface area contributed by atoms with Gasteiger partial charge in [0, 0.05) is 11.3 Å². The van der Waals surface area contributed by atoms with Crippen molar-refractivity contribution < 1.29 is 9.53 Å². The topological polar surface area (TPSA) is 50.4 Å². The summed E-state index contributed by atoms with van der Waals surface area (Å²) >= 11 is 0. The van der Waals surface area contributed by atoms with Crippen molar-refractivity contribution in [3.05, 3.63) is 59.7 Å². The molecule has 2 N–H and O–H groups in total. The highest BCUT2D eigenvalue weighted by atomic mass is 16.5. The molecule has 2 aromatic carbocycles. The number of nitrogens with one attached hydrogen (secondary N) is 2. The second-order valence-corrected chi connectivity index (χ2v) is 5.15. The van der Waals surface area contributed by atoms with E-state index in [0.29, 0.717) is 6.61 Å². The summed E-state index contributed by atoms with van der Waals surface area (Å²) in [6.45, 7) is 2.80. The summed E-state index contributed by atoms with van der Waals surface area (Å²) in [5.74, 6) is 0.850. The smallest absolute Gasteiger partial charge is 0.238 e. The number of carbonyl (C=O) groups is 1. The number of amides is 1. The third kappa shape index (κ3) is 3.06. The Morgan fingerprint density at radius 1 is 1.19 bits per heavy atom. The Bertz CT molecular complexity index is 655. The Kier molecular flexibility index (Phi) is 3.88. The fourth-order valence-corrected chi connectivity index (χ4v) is 2.46. The lowest BCUT2D eigenvalue weighted by atomic mass is 10.1. The van der Waals surface area contributed by atoms with Crippen LogP contribution in [0.1, 0.15) is 17.2 Å². The lowest BCUT2D eigenvalue weighted by Crippen LogP contribution is -2.32. The molecule has 4 heteroatoms. The zero-order valence-corrected chi connectivity index (χ0v) is 11.9. The van der Waals surface area contributed by atoms with Gasteiger partial charge < -0.3 is 10.1 Å². The summed E-state index contributed by atoms with van der Waals surface area (Å²) in [7, 11) is 0. The van der Waals surface area contributed by atoms with E-state index in [1.54, 1.807) is 0 Å². The first kappa shape index (κ1) is 13.6. The van der Waals surface area contributed by atoms with Crippen molar-refractivity contribution in [1.29, 1.82) is 0 Å².